The molecule has 44 heavy (non-hydrogen) atoms. The van der Waals surface area contributed by atoms with Crippen LogP contribution in [-0.4, -0.2) is 86.6 Å². The number of ketones is 1. The molecule has 1 unspecified atom stereocenters. The number of benzene rings is 1. The van der Waals surface area contributed by atoms with E-state index in [9.17, 15) is 19.2 Å². The lowest BCUT2D eigenvalue weighted by Gasteiger charge is -2.40. The van der Waals surface area contributed by atoms with Gasteiger partial charge < -0.3 is 34.5 Å². The second kappa shape index (κ2) is 15.6. The minimum absolute atomic E-state index is 0.0223. The highest BCUT2D eigenvalue weighted by atomic mass is 35.5. The van der Waals surface area contributed by atoms with Crippen molar-refractivity contribution < 1.29 is 38.1 Å². The third-order valence-corrected chi connectivity index (χ3v) is 8.69. The van der Waals surface area contributed by atoms with Crippen LogP contribution in [0.2, 0.25) is 35.7 Å². The number of rotatable bonds is 13. The van der Waals surface area contributed by atoms with Crippen LogP contribution in [0.1, 0.15) is 64.7 Å². The SMILES string of the molecule is CC(C)(C)OC(=O)NC(CCC(=O)c1c(OCOCC[Si](C)(C)C)ccc(Cl)c1Cl)C(=O)NC1CN(C(=O)OC(C)(C)C)C1. The number of Topliss-reactive ketones (excluding diaryl/α,β-unsaturated/α-hetero) is 1. The largest absolute Gasteiger partial charge is 0.467 e. The van der Waals surface area contributed by atoms with Crippen molar-refractivity contribution in [2.45, 2.75) is 103 Å². The first-order valence-electron chi connectivity index (χ1n) is 14.6. The summed E-state index contributed by atoms with van der Waals surface area (Å²) in [5, 5.41) is 5.58. The van der Waals surface area contributed by atoms with E-state index in [2.05, 4.69) is 30.3 Å². The van der Waals surface area contributed by atoms with Crippen molar-refractivity contribution in [2.75, 3.05) is 26.5 Å². The molecule has 1 atom stereocenters. The number of nitrogens with zero attached hydrogens (tertiary/aromatic N) is 1. The summed E-state index contributed by atoms with van der Waals surface area (Å²) in [7, 11) is -1.28. The van der Waals surface area contributed by atoms with E-state index < -0.39 is 49.2 Å². The molecule has 1 fully saturated rings. The molecule has 1 aliphatic heterocycles. The molecule has 0 aromatic heterocycles. The highest BCUT2D eigenvalue weighted by Gasteiger charge is 2.36. The van der Waals surface area contributed by atoms with Gasteiger partial charge in [-0.25, -0.2) is 9.59 Å². The van der Waals surface area contributed by atoms with Crippen LogP contribution in [0.25, 0.3) is 0 Å². The molecule has 14 heteroatoms. The van der Waals surface area contributed by atoms with E-state index in [4.69, 9.17) is 42.1 Å². The number of likely N-dealkylation sites (tertiary alicyclic amines) is 1. The number of carbonyl (C=O) groups excluding carboxylic acids is 4. The third-order valence-electron chi connectivity index (χ3n) is 6.18. The number of halogens is 2. The first kappa shape index (κ1) is 37.6. The number of alkyl carbamates (subject to hydrolysis) is 1. The second-order valence-electron chi connectivity index (χ2n) is 14.0. The normalized spacial score (nSPS) is 14.8. The molecule has 0 saturated carbocycles. The fourth-order valence-corrected chi connectivity index (χ4v) is 5.10. The van der Waals surface area contributed by atoms with Crippen molar-refractivity contribution in [1.29, 1.82) is 0 Å². The van der Waals surface area contributed by atoms with Crippen LogP contribution in [0.4, 0.5) is 9.59 Å². The van der Waals surface area contributed by atoms with Crippen LogP contribution in [0.15, 0.2) is 12.1 Å². The van der Waals surface area contributed by atoms with E-state index >= 15 is 0 Å². The number of hydrogen-bond donors (Lipinski definition) is 2. The van der Waals surface area contributed by atoms with E-state index in [1.54, 1.807) is 47.6 Å². The molecule has 1 saturated heterocycles. The van der Waals surface area contributed by atoms with E-state index in [0.29, 0.717) is 6.61 Å². The highest BCUT2D eigenvalue weighted by Crippen LogP contribution is 2.34. The Kier molecular flexibility index (Phi) is 13.4. The maximum Gasteiger partial charge on any atom is 0.410 e. The molecule has 1 aromatic rings. The van der Waals surface area contributed by atoms with Crippen molar-refractivity contribution in [2.24, 2.45) is 0 Å². The fraction of sp³-hybridized carbons (Fsp3) is 0.667. The molecule has 1 aromatic carbocycles. The first-order chi connectivity index (χ1) is 20.1. The Morgan fingerprint density at radius 1 is 1.00 bits per heavy atom. The van der Waals surface area contributed by atoms with E-state index in [1.165, 1.54) is 11.0 Å². The Balaban J connectivity index is 2.09. The molecule has 2 N–H and O–H groups in total. The lowest BCUT2D eigenvalue weighted by molar-refractivity contribution is -0.125. The molecule has 0 spiro atoms. The minimum atomic E-state index is -1.28. The van der Waals surface area contributed by atoms with Gasteiger partial charge in [0, 0.05) is 34.2 Å². The average molecular weight is 677 g/mol. The van der Waals surface area contributed by atoms with E-state index in [-0.39, 0.29) is 60.1 Å². The van der Waals surface area contributed by atoms with Crippen LogP contribution in [0.3, 0.4) is 0 Å². The smallest absolute Gasteiger partial charge is 0.410 e. The van der Waals surface area contributed by atoms with Crippen molar-refractivity contribution in [1.82, 2.24) is 15.5 Å². The molecule has 2 rings (SSSR count). The molecule has 0 aliphatic carbocycles. The predicted molar refractivity (Wildman–Crippen MR) is 173 cm³/mol. The van der Waals surface area contributed by atoms with Crippen molar-refractivity contribution in [3.05, 3.63) is 27.7 Å². The zero-order valence-electron chi connectivity index (χ0n) is 27.2. The zero-order valence-corrected chi connectivity index (χ0v) is 29.7. The lowest BCUT2D eigenvalue weighted by atomic mass is 10.0. The number of nitrogens with one attached hydrogen (secondary N) is 2. The molecule has 11 nitrogen and oxygen atoms in total. The van der Waals surface area contributed by atoms with Gasteiger partial charge in [0.2, 0.25) is 5.91 Å². The monoisotopic (exact) mass is 675 g/mol. The summed E-state index contributed by atoms with van der Waals surface area (Å²) in [5.41, 5.74) is -1.38. The fourth-order valence-electron chi connectivity index (χ4n) is 3.92. The van der Waals surface area contributed by atoms with Gasteiger partial charge in [0.05, 0.1) is 21.7 Å². The summed E-state index contributed by atoms with van der Waals surface area (Å²) < 4.78 is 22.0. The summed E-state index contributed by atoms with van der Waals surface area (Å²) in [6.45, 7) is 18.1. The Hall–Kier alpha value is -2.54. The molecule has 1 heterocycles. The second-order valence-corrected chi connectivity index (χ2v) is 20.4. The van der Waals surface area contributed by atoms with Crippen LogP contribution in [0, 0.1) is 0 Å². The van der Waals surface area contributed by atoms with Gasteiger partial charge in [-0.3, -0.25) is 9.59 Å². The first-order valence-corrected chi connectivity index (χ1v) is 19.1. The Labute approximate surface area is 271 Å². The summed E-state index contributed by atoms with van der Waals surface area (Å²) in [5.74, 6) is -0.754. The van der Waals surface area contributed by atoms with Gasteiger partial charge in [-0.1, -0.05) is 42.8 Å². The Bertz CT molecular complexity index is 1190. The van der Waals surface area contributed by atoms with Crippen molar-refractivity contribution >= 4 is 55.2 Å². The number of ether oxygens (including phenoxy) is 4. The standard InChI is InChI=1S/C30H47Cl2N3O8Si/c1-29(2,3)42-27(38)34-21(26(37)33-19-16-35(17-19)28(39)43-30(4,5)6)11-12-22(36)24-23(13-10-20(31)25(24)32)41-18-40-14-15-44(7,8)9/h10,13,19,21H,11-12,14-18H2,1-9H3,(H,33,37)(H,34,38). The number of amides is 3. The van der Waals surface area contributed by atoms with Crippen LogP contribution in [-0.2, 0) is 19.0 Å². The Morgan fingerprint density at radius 2 is 1.61 bits per heavy atom. The summed E-state index contributed by atoms with van der Waals surface area (Å²) in [6, 6.07) is 2.56. The highest BCUT2D eigenvalue weighted by molar-refractivity contribution is 6.76. The van der Waals surface area contributed by atoms with Crippen LogP contribution in [0.5, 0.6) is 5.75 Å². The van der Waals surface area contributed by atoms with Gasteiger partial charge in [0.25, 0.3) is 0 Å². The molecule has 1 aliphatic rings. The van der Waals surface area contributed by atoms with Gasteiger partial charge in [0.15, 0.2) is 12.6 Å². The quantitative estimate of drug-likeness (QED) is 0.108. The summed E-state index contributed by atoms with van der Waals surface area (Å²) in [6.07, 6.45) is -1.53. The lowest BCUT2D eigenvalue weighted by Crippen LogP contribution is -2.63. The third kappa shape index (κ3) is 13.2. The van der Waals surface area contributed by atoms with Crippen molar-refractivity contribution in [3.63, 3.8) is 0 Å². The average Bonchev–Trinajstić information content (AvgIpc) is 2.82. The minimum Gasteiger partial charge on any atom is -0.467 e. The zero-order chi connectivity index (χ0) is 33.5. The number of hydrogen-bond acceptors (Lipinski definition) is 8. The van der Waals surface area contributed by atoms with Gasteiger partial charge in [0.1, 0.15) is 23.0 Å². The van der Waals surface area contributed by atoms with E-state index in [1.807, 2.05) is 0 Å². The molecular weight excluding hydrogens is 629 g/mol. The summed E-state index contributed by atoms with van der Waals surface area (Å²) in [4.78, 5) is 53.0. The maximum atomic E-state index is 13.4. The predicted octanol–water partition coefficient (Wildman–Crippen LogP) is 6.28. The molecule has 0 radical (unpaired) electrons. The van der Waals surface area contributed by atoms with E-state index in [0.717, 1.165) is 6.04 Å². The number of carbonyl (C=O) groups is 4. The van der Waals surface area contributed by atoms with Gasteiger partial charge in [-0.05, 0) is 66.1 Å². The van der Waals surface area contributed by atoms with Crippen LogP contribution >= 0.6 is 23.2 Å². The molecular formula is C30H47Cl2N3O8Si. The van der Waals surface area contributed by atoms with Crippen molar-refractivity contribution in [3.8, 4) is 5.75 Å². The maximum absolute atomic E-state index is 13.4. The summed E-state index contributed by atoms with van der Waals surface area (Å²) >= 11 is 12.6. The molecule has 3 amide bonds. The van der Waals surface area contributed by atoms with Crippen LogP contribution < -0.4 is 15.4 Å². The topological polar surface area (TPSA) is 132 Å². The molecule has 248 valence electrons. The molecule has 0 bridgehead atoms. The van der Waals surface area contributed by atoms with Gasteiger partial charge in [-0.15, -0.1) is 0 Å². The Morgan fingerprint density at radius 3 is 2.18 bits per heavy atom. The van der Waals surface area contributed by atoms with Gasteiger partial charge in [-0.2, -0.15) is 0 Å². The van der Waals surface area contributed by atoms with Gasteiger partial charge >= 0.3 is 12.2 Å².